The van der Waals surface area contributed by atoms with Crippen LogP contribution in [0.4, 0.5) is 4.79 Å². The fraction of sp³-hybridized carbons (Fsp3) is 0.583. The predicted molar refractivity (Wildman–Crippen MR) is 121 cm³/mol. The summed E-state index contributed by atoms with van der Waals surface area (Å²) < 4.78 is 5.48. The average Bonchev–Trinajstić information content (AvgIpc) is 3.21. The van der Waals surface area contributed by atoms with E-state index in [1.54, 1.807) is 4.90 Å². The number of rotatable bonds is 4. The molecule has 3 rings (SSSR count). The second-order valence-corrected chi connectivity index (χ2v) is 9.78. The van der Waals surface area contributed by atoms with Crippen LogP contribution in [-0.4, -0.2) is 53.6 Å². The van der Waals surface area contributed by atoms with Crippen molar-refractivity contribution in [1.82, 2.24) is 9.80 Å². The van der Waals surface area contributed by atoms with Gasteiger partial charge in [-0.2, -0.15) is 0 Å². The number of carbonyl (C=O) groups excluding carboxylic acids is 2. The van der Waals surface area contributed by atoms with Crippen LogP contribution in [0, 0.1) is 5.92 Å². The molecule has 0 saturated carbocycles. The van der Waals surface area contributed by atoms with Gasteiger partial charge in [-0.15, -0.1) is 0 Å². The van der Waals surface area contributed by atoms with E-state index >= 15 is 0 Å². The summed E-state index contributed by atoms with van der Waals surface area (Å²) in [7, 11) is 0. The molecule has 1 aromatic rings. The van der Waals surface area contributed by atoms with Gasteiger partial charge in [0.05, 0.1) is 0 Å². The topological polar surface area (TPSA) is 49.9 Å². The van der Waals surface area contributed by atoms with E-state index in [0.29, 0.717) is 24.5 Å². The Labute approximate surface area is 185 Å². The highest BCUT2D eigenvalue weighted by Crippen LogP contribution is 2.30. The van der Waals surface area contributed by atoms with E-state index in [9.17, 15) is 9.59 Å². The van der Waals surface area contributed by atoms with Crippen LogP contribution < -0.4 is 0 Å². The molecule has 1 fully saturated rings. The van der Waals surface area contributed by atoms with Crippen LogP contribution in [0.5, 0.6) is 0 Å². The van der Waals surface area contributed by atoms with Gasteiger partial charge in [-0.1, -0.05) is 30.7 Å². The van der Waals surface area contributed by atoms with Gasteiger partial charge in [0.25, 0.3) is 0 Å². The van der Waals surface area contributed by atoms with Crippen molar-refractivity contribution in [1.29, 1.82) is 0 Å². The standard InChI is InChI=1S/C24H33ClN2O3/c1-17(22(28)26-11-5-6-12-26)15-19-16-20(25)7-8-21(19)18-9-13-27(14-10-18)23(29)30-24(2,3)4/h7-9,16-17H,5-6,10-15H2,1-4H3. The molecule has 0 spiro atoms. The first kappa shape index (κ1) is 22.7. The molecule has 1 aromatic carbocycles. The molecule has 5 nitrogen and oxygen atoms in total. The van der Waals surface area contributed by atoms with Gasteiger partial charge in [0.2, 0.25) is 5.91 Å². The molecule has 0 aliphatic carbocycles. The molecule has 30 heavy (non-hydrogen) atoms. The van der Waals surface area contributed by atoms with Crippen molar-refractivity contribution >= 4 is 29.2 Å². The molecule has 0 N–H and O–H groups in total. The number of hydrogen-bond donors (Lipinski definition) is 0. The zero-order valence-electron chi connectivity index (χ0n) is 18.5. The fourth-order valence-corrected chi connectivity index (χ4v) is 4.31. The van der Waals surface area contributed by atoms with Crippen LogP contribution in [0.2, 0.25) is 5.02 Å². The molecule has 6 heteroatoms. The maximum atomic E-state index is 12.8. The maximum absolute atomic E-state index is 12.8. The van der Waals surface area contributed by atoms with E-state index in [2.05, 4.69) is 6.08 Å². The van der Waals surface area contributed by atoms with Gasteiger partial charge in [-0.05, 0) is 75.3 Å². The van der Waals surface area contributed by atoms with Crippen molar-refractivity contribution in [3.63, 3.8) is 0 Å². The second-order valence-electron chi connectivity index (χ2n) is 9.34. The van der Waals surface area contributed by atoms with Gasteiger partial charge < -0.3 is 14.5 Å². The Morgan fingerprint density at radius 2 is 1.83 bits per heavy atom. The zero-order valence-corrected chi connectivity index (χ0v) is 19.3. The minimum absolute atomic E-state index is 0.0808. The summed E-state index contributed by atoms with van der Waals surface area (Å²) >= 11 is 6.29. The molecule has 0 aromatic heterocycles. The summed E-state index contributed by atoms with van der Waals surface area (Å²) in [5, 5.41) is 0.682. The molecule has 0 radical (unpaired) electrons. The number of halogens is 1. The summed E-state index contributed by atoms with van der Waals surface area (Å²) in [6.45, 7) is 10.5. The maximum Gasteiger partial charge on any atom is 0.410 e. The third kappa shape index (κ3) is 5.78. The lowest BCUT2D eigenvalue weighted by molar-refractivity contribution is -0.133. The lowest BCUT2D eigenvalue weighted by Gasteiger charge is -2.30. The van der Waals surface area contributed by atoms with Crippen molar-refractivity contribution in [2.75, 3.05) is 26.2 Å². The van der Waals surface area contributed by atoms with Crippen LogP contribution >= 0.6 is 11.6 Å². The highest BCUT2D eigenvalue weighted by molar-refractivity contribution is 6.30. The Morgan fingerprint density at radius 3 is 2.43 bits per heavy atom. The van der Waals surface area contributed by atoms with Crippen LogP contribution in [-0.2, 0) is 16.0 Å². The number of likely N-dealkylation sites (tertiary alicyclic amines) is 1. The predicted octanol–water partition coefficient (Wildman–Crippen LogP) is 5.17. The molecule has 2 aliphatic heterocycles. The lowest BCUT2D eigenvalue weighted by Crippen LogP contribution is -2.39. The minimum atomic E-state index is -0.498. The Hall–Kier alpha value is -2.01. The van der Waals surface area contributed by atoms with Crippen molar-refractivity contribution in [3.05, 3.63) is 40.4 Å². The summed E-state index contributed by atoms with van der Waals surface area (Å²) in [6, 6.07) is 5.92. The monoisotopic (exact) mass is 432 g/mol. The quantitative estimate of drug-likeness (QED) is 0.659. The number of nitrogens with zero attached hydrogens (tertiary/aromatic N) is 2. The Balaban J connectivity index is 1.72. The van der Waals surface area contributed by atoms with E-state index in [1.165, 1.54) is 5.57 Å². The largest absolute Gasteiger partial charge is 0.444 e. The minimum Gasteiger partial charge on any atom is -0.444 e. The highest BCUT2D eigenvalue weighted by atomic mass is 35.5. The number of hydrogen-bond acceptors (Lipinski definition) is 3. The summed E-state index contributed by atoms with van der Waals surface area (Å²) in [5.41, 5.74) is 2.92. The normalized spacial score (nSPS) is 18.2. The second kappa shape index (κ2) is 9.42. The summed E-state index contributed by atoms with van der Waals surface area (Å²) in [6.07, 6.45) is 5.43. The van der Waals surface area contributed by atoms with E-state index in [4.69, 9.17) is 16.3 Å². The van der Waals surface area contributed by atoms with Crippen molar-refractivity contribution < 1.29 is 14.3 Å². The van der Waals surface area contributed by atoms with Gasteiger partial charge >= 0.3 is 6.09 Å². The molecule has 1 saturated heterocycles. The number of ether oxygens (including phenoxy) is 1. The van der Waals surface area contributed by atoms with Crippen LogP contribution in [0.1, 0.15) is 58.1 Å². The summed E-state index contributed by atoms with van der Waals surface area (Å²) in [5.74, 6) is 0.148. The van der Waals surface area contributed by atoms with Crippen LogP contribution in [0.3, 0.4) is 0 Å². The molecule has 0 bridgehead atoms. The fourth-order valence-electron chi connectivity index (χ4n) is 4.12. The van der Waals surface area contributed by atoms with E-state index in [0.717, 1.165) is 43.5 Å². The first-order valence-electron chi connectivity index (χ1n) is 10.9. The summed E-state index contributed by atoms with van der Waals surface area (Å²) in [4.78, 5) is 28.8. The van der Waals surface area contributed by atoms with E-state index in [1.807, 2.05) is 50.8 Å². The number of benzene rings is 1. The van der Waals surface area contributed by atoms with Crippen LogP contribution in [0.15, 0.2) is 24.3 Å². The Morgan fingerprint density at radius 1 is 1.13 bits per heavy atom. The van der Waals surface area contributed by atoms with Gasteiger partial charge in [0, 0.05) is 37.1 Å². The molecule has 1 atom stereocenters. The van der Waals surface area contributed by atoms with Gasteiger partial charge in [0.15, 0.2) is 0 Å². The van der Waals surface area contributed by atoms with Crippen molar-refractivity contribution in [3.8, 4) is 0 Å². The molecule has 164 valence electrons. The van der Waals surface area contributed by atoms with Gasteiger partial charge in [-0.25, -0.2) is 4.79 Å². The van der Waals surface area contributed by atoms with E-state index < -0.39 is 5.60 Å². The van der Waals surface area contributed by atoms with Crippen molar-refractivity contribution in [2.45, 2.75) is 59.0 Å². The molecular weight excluding hydrogens is 400 g/mol. The number of amides is 2. The smallest absolute Gasteiger partial charge is 0.410 e. The third-order valence-electron chi connectivity index (χ3n) is 5.64. The third-order valence-corrected chi connectivity index (χ3v) is 5.87. The lowest BCUT2D eigenvalue weighted by atomic mass is 9.90. The average molecular weight is 433 g/mol. The van der Waals surface area contributed by atoms with Crippen molar-refractivity contribution in [2.24, 2.45) is 5.92 Å². The SMILES string of the molecule is CC(Cc1cc(Cl)ccc1C1=CCN(C(=O)OC(C)(C)C)CC1)C(=O)N1CCCC1. The van der Waals surface area contributed by atoms with Gasteiger partial charge in [0.1, 0.15) is 5.60 Å². The molecule has 1 unspecified atom stereocenters. The van der Waals surface area contributed by atoms with Gasteiger partial charge in [-0.3, -0.25) is 4.79 Å². The molecule has 2 heterocycles. The first-order valence-corrected chi connectivity index (χ1v) is 11.3. The molecule has 2 amide bonds. The Bertz CT molecular complexity index is 822. The molecule has 2 aliphatic rings. The van der Waals surface area contributed by atoms with E-state index in [-0.39, 0.29) is 17.9 Å². The first-order chi connectivity index (χ1) is 14.1. The number of carbonyl (C=O) groups is 2. The molecular formula is C24H33ClN2O3. The van der Waals surface area contributed by atoms with Crippen LogP contribution in [0.25, 0.3) is 5.57 Å². The zero-order chi connectivity index (χ0) is 21.9. The highest BCUT2D eigenvalue weighted by Gasteiger charge is 2.26. The Kier molecular flexibility index (Phi) is 7.12.